The predicted molar refractivity (Wildman–Crippen MR) is 89.7 cm³/mol. The Morgan fingerprint density at radius 3 is 2.55 bits per heavy atom. The van der Waals surface area contributed by atoms with Crippen LogP contribution in [0.5, 0.6) is 0 Å². The zero-order valence-corrected chi connectivity index (χ0v) is 14.0. The number of piperidine rings is 1. The van der Waals surface area contributed by atoms with Crippen LogP contribution in [0.4, 0.5) is 0 Å². The highest BCUT2D eigenvalue weighted by atomic mass is 35.5. The third-order valence-corrected chi connectivity index (χ3v) is 4.71. The number of likely N-dealkylation sites (tertiary alicyclic amines) is 1. The molecule has 1 aliphatic rings. The molecule has 1 aliphatic heterocycles. The Morgan fingerprint density at radius 1 is 1.35 bits per heavy atom. The van der Waals surface area contributed by atoms with Crippen molar-refractivity contribution in [1.29, 1.82) is 0 Å². The standard InChI is InChI=1S/C16H25ClN2.ClH/c1-3-13-5-4-6-16(17)15(13)11-19-9-7-14(8-10-19)12(2)18;/h4-6,12,14H,3,7-11,18H2,1-2H3;1H. The van der Waals surface area contributed by atoms with Crippen molar-refractivity contribution < 1.29 is 0 Å². The van der Waals surface area contributed by atoms with Crippen molar-refractivity contribution >= 4 is 24.0 Å². The molecule has 2 N–H and O–H groups in total. The van der Waals surface area contributed by atoms with E-state index in [1.807, 2.05) is 12.1 Å². The van der Waals surface area contributed by atoms with Gasteiger partial charge in [-0.25, -0.2) is 0 Å². The van der Waals surface area contributed by atoms with Gasteiger partial charge >= 0.3 is 0 Å². The highest BCUT2D eigenvalue weighted by molar-refractivity contribution is 6.31. The Hall–Kier alpha value is -0.280. The van der Waals surface area contributed by atoms with Crippen molar-refractivity contribution in [2.45, 2.75) is 45.7 Å². The van der Waals surface area contributed by atoms with E-state index in [4.69, 9.17) is 17.3 Å². The molecule has 114 valence electrons. The number of nitrogens with zero attached hydrogens (tertiary/aromatic N) is 1. The Bertz CT molecular complexity index is 413. The molecule has 1 atom stereocenters. The molecule has 1 aromatic rings. The van der Waals surface area contributed by atoms with E-state index < -0.39 is 0 Å². The number of rotatable bonds is 4. The molecule has 1 saturated heterocycles. The quantitative estimate of drug-likeness (QED) is 0.913. The van der Waals surface area contributed by atoms with E-state index in [1.54, 1.807) is 0 Å². The zero-order chi connectivity index (χ0) is 13.8. The number of hydrogen-bond acceptors (Lipinski definition) is 2. The van der Waals surface area contributed by atoms with Crippen LogP contribution >= 0.6 is 24.0 Å². The average Bonchev–Trinajstić information content (AvgIpc) is 2.41. The van der Waals surface area contributed by atoms with E-state index >= 15 is 0 Å². The van der Waals surface area contributed by atoms with Gasteiger partial charge < -0.3 is 5.73 Å². The molecule has 2 rings (SSSR count). The Labute approximate surface area is 134 Å². The molecule has 0 aromatic heterocycles. The first kappa shape index (κ1) is 17.8. The van der Waals surface area contributed by atoms with Gasteiger partial charge in [0.05, 0.1) is 0 Å². The van der Waals surface area contributed by atoms with Gasteiger partial charge in [0.15, 0.2) is 0 Å². The van der Waals surface area contributed by atoms with Crippen molar-refractivity contribution in [1.82, 2.24) is 4.90 Å². The molecule has 0 saturated carbocycles. The van der Waals surface area contributed by atoms with Crippen LogP contribution in [0.2, 0.25) is 5.02 Å². The van der Waals surface area contributed by atoms with Gasteiger partial charge in [-0.1, -0.05) is 30.7 Å². The number of halogens is 2. The van der Waals surface area contributed by atoms with Crippen molar-refractivity contribution in [3.05, 3.63) is 34.3 Å². The zero-order valence-electron chi connectivity index (χ0n) is 12.4. The third-order valence-electron chi connectivity index (χ3n) is 4.35. The second-order valence-electron chi connectivity index (χ2n) is 5.70. The molecule has 0 bridgehead atoms. The van der Waals surface area contributed by atoms with Crippen LogP contribution in [0.1, 0.15) is 37.8 Å². The summed E-state index contributed by atoms with van der Waals surface area (Å²) in [5, 5.41) is 0.911. The van der Waals surface area contributed by atoms with E-state index in [1.165, 1.54) is 24.0 Å². The van der Waals surface area contributed by atoms with Gasteiger partial charge in [-0.3, -0.25) is 4.90 Å². The van der Waals surface area contributed by atoms with Crippen LogP contribution in [0.25, 0.3) is 0 Å². The first-order valence-electron chi connectivity index (χ1n) is 7.36. The maximum absolute atomic E-state index is 6.36. The van der Waals surface area contributed by atoms with Crippen molar-refractivity contribution in [2.75, 3.05) is 13.1 Å². The minimum Gasteiger partial charge on any atom is -0.328 e. The van der Waals surface area contributed by atoms with Crippen LogP contribution in [-0.2, 0) is 13.0 Å². The highest BCUT2D eigenvalue weighted by Crippen LogP contribution is 2.26. The number of aryl methyl sites for hydroxylation is 1. The van der Waals surface area contributed by atoms with Gasteiger partial charge in [0.2, 0.25) is 0 Å². The first-order chi connectivity index (χ1) is 9.11. The van der Waals surface area contributed by atoms with E-state index in [0.717, 1.165) is 31.1 Å². The van der Waals surface area contributed by atoms with Crippen molar-refractivity contribution in [3.63, 3.8) is 0 Å². The monoisotopic (exact) mass is 316 g/mol. The molecule has 1 heterocycles. The molecule has 0 spiro atoms. The molecule has 0 aliphatic carbocycles. The molecular weight excluding hydrogens is 291 g/mol. The summed E-state index contributed by atoms with van der Waals surface area (Å²) >= 11 is 6.36. The van der Waals surface area contributed by atoms with Crippen molar-refractivity contribution in [3.8, 4) is 0 Å². The van der Waals surface area contributed by atoms with Gasteiger partial charge in [-0.15, -0.1) is 12.4 Å². The van der Waals surface area contributed by atoms with Gasteiger partial charge in [0, 0.05) is 17.6 Å². The lowest BCUT2D eigenvalue weighted by Gasteiger charge is -2.34. The van der Waals surface area contributed by atoms with Crippen molar-refractivity contribution in [2.24, 2.45) is 11.7 Å². The van der Waals surface area contributed by atoms with Gasteiger partial charge in [0.25, 0.3) is 0 Å². The summed E-state index contributed by atoms with van der Waals surface area (Å²) in [6.07, 6.45) is 3.47. The second kappa shape index (κ2) is 8.23. The topological polar surface area (TPSA) is 29.3 Å². The van der Waals surface area contributed by atoms with Crippen LogP contribution in [0.15, 0.2) is 18.2 Å². The Morgan fingerprint density at radius 2 is 2.00 bits per heavy atom. The minimum atomic E-state index is 0. The molecule has 4 heteroatoms. The number of nitrogens with two attached hydrogens (primary N) is 1. The molecule has 1 unspecified atom stereocenters. The SMILES string of the molecule is CCc1cccc(Cl)c1CN1CCC(C(C)N)CC1.Cl. The van der Waals surface area contributed by atoms with E-state index in [-0.39, 0.29) is 12.4 Å². The lowest BCUT2D eigenvalue weighted by molar-refractivity contribution is 0.165. The smallest absolute Gasteiger partial charge is 0.0453 e. The van der Waals surface area contributed by atoms with Gasteiger partial charge in [-0.2, -0.15) is 0 Å². The van der Waals surface area contributed by atoms with Crippen LogP contribution in [0.3, 0.4) is 0 Å². The Kier molecular flexibility index (Phi) is 7.32. The fraction of sp³-hybridized carbons (Fsp3) is 0.625. The summed E-state index contributed by atoms with van der Waals surface area (Å²) in [4.78, 5) is 2.51. The normalized spacial score (nSPS) is 18.6. The first-order valence-corrected chi connectivity index (χ1v) is 7.73. The predicted octanol–water partition coefficient (Wildman–Crippen LogP) is 3.88. The van der Waals surface area contributed by atoms with E-state index in [0.29, 0.717) is 12.0 Å². The lowest BCUT2D eigenvalue weighted by atomic mass is 9.90. The summed E-state index contributed by atoms with van der Waals surface area (Å²) < 4.78 is 0. The average molecular weight is 317 g/mol. The Balaban J connectivity index is 0.00000200. The molecule has 0 radical (unpaired) electrons. The molecule has 1 fully saturated rings. The summed E-state index contributed by atoms with van der Waals surface area (Å²) in [5.41, 5.74) is 8.68. The maximum atomic E-state index is 6.36. The van der Waals surface area contributed by atoms with E-state index in [2.05, 4.69) is 24.8 Å². The molecule has 1 aromatic carbocycles. The third kappa shape index (κ3) is 4.36. The van der Waals surface area contributed by atoms with Gasteiger partial charge in [0.1, 0.15) is 0 Å². The molecule has 20 heavy (non-hydrogen) atoms. The fourth-order valence-electron chi connectivity index (χ4n) is 2.97. The largest absolute Gasteiger partial charge is 0.328 e. The summed E-state index contributed by atoms with van der Waals surface area (Å²) in [6, 6.07) is 6.57. The number of benzene rings is 1. The lowest BCUT2D eigenvalue weighted by Crippen LogP contribution is -2.39. The number of hydrogen-bond donors (Lipinski definition) is 1. The summed E-state index contributed by atoms with van der Waals surface area (Å²) in [5.74, 6) is 0.688. The molecule has 2 nitrogen and oxygen atoms in total. The van der Waals surface area contributed by atoms with Gasteiger partial charge in [-0.05, 0) is 62.4 Å². The second-order valence-corrected chi connectivity index (χ2v) is 6.11. The van der Waals surface area contributed by atoms with Crippen LogP contribution in [-0.4, -0.2) is 24.0 Å². The highest BCUT2D eigenvalue weighted by Gasteiger charge is 2.22. The van der Waals surface area contributed by atoms with Crippen LogP contribution < -0.4 is 5.73 Å². The summed E-state index contributed by atoms with van der Waals surface area (Å²) in [7, 11) is 0. The fourth-order valence-corrected chi connectivity index (χ4v) is 3.23. The van der Waals surface area contributed by atoms with Crippen LogP contribution in [0, 0.1) is 5.92 Å². The minimum absolute atomic E-state index is 0. The molecular formula is C16H26Cl2N2. The maximum Gasteiger partial charge on any atom is 0.0453 e. The molecule has 0 amide bonds. The van der Waals surface area contributed by atoms with E-state index in [9.17, 15) is 0 Å². The summed E-state index contributed by atoms with van der Waals surface area (Å²) in [6.45, 7) is 7.58.